The number of halogens is 1. The molecular formula is C21H19ClN4O3. The number of nitrogens with zero attached hydrogens (tertiary/aromatic N) is 3. The van der Waals surface area contributed by atoms with Crippen LogP contribution < -0.4 is 10.1 Å². The quantitative estimate of drug-likeness (QED) is 0.581. The van der Waals surface area contributed by atoms with E-state index in [1.165, 1.54) is 6.07 Å². The van der Waals surface area contributed by atoms with Gasteiger partial charge in [-0.2, -0.15) is 10.2 Å². The standard InChI is InChI=1S/C21H19ClN4O3/c1-2-3-4-20-25-21(26-29-20)14-6-9-17(10-7-14)28-13-19(27)24-18-11-16(22)8-5-15(18)12-23/h5-11H,2-4,13H2,1H3,(H,24,27). The van der Waals surface area contributed by atoms with Gasteiger partial charge in [0, 0.05) is 17.0 Å². The van der Waals surface area contributed by atoms with Crippen LogP contribution >= 0.6 is 11.6 Å². The van der Waals surface area contributed by atoms with E-state index >= 15 is 0 Å². The van der Waals surface area contributed by atoms with E-state index in [1.807, 2.05) is 6.07 Å². The highest BCUT2D eigenvalue weighted by Gasteiger charge is 2.10. The number of nitrogens with one attached hydrogen (secondary N) is 1. The summed E-state index contributed by atoms with van der Waals surface area (Å²) in [6.07, 6.45) is 2.83. The van der Waals surface area contributed by atoms with Crippen molar-refractivity contribution in [1.29, 1.82) is 5.26 Å². The van der Waals surface area contributed by atoms with Gasteiger partial charge in [-0.05, 0) is 48.9 Å². The maximum absolute atomic E-state index is 12.1. The number of anilines is 1. The molecule has 1 aromatic heterocycles. The molecule has 8 heteroatoms. The fourth-order valence-electron chi connectivity index (χ4n) is 2.55. The Morgan fingerprint density at radius 1 is 1.28 bits per heavy atom. The number of hydrogen-bond donors (Lipinski definition) is 1. The van der Waals surface area contributed by atoms with Crippen LogP contribution in [0.25, 0.3) is 11.4 Å². The Balaban J connectivity index is 1.56. The van der Waals surface area contributed by atoms with Gasteiger partial charge in [0.25, 0.3) is 5.91 Å². The van der Waals surface area contributed by atoms with Crippen molar-refractivity contribution in [3.05, 3.63) is 58.9 Å². The summed E-state index contributed by atoms with van der Waals surface area (Å²) in [4.78, 5) is 16.5. The summed E-state index contributed by atoms with van der Waals surface area (Å²) >= 11 is 5.91. The molecule has 0 atom stereocenters. The Labute approximate surface area is 173 Å². The van der Waals surface area contributed by atoms with Crippen molar-refractivity contribution >= 4 is 23.2 Å². The summed E-state index contributed by atoms with van der Waals surface area (Å²) in [5, 5.41) is 16.1. The first kappa shape index (κ1) is 20.4. The molecule has 0 bridgehead atoms. The number of unbranched alkanes of at least 4 members (excludes halogenated alkanes) is 1. The molecule has 1 heterocycles. The molecule has 3 rings (SSSR count). The lowest BCUT2D eigenvalue weighted by molar-refractivity contribution is -0.118. The summed E-state index contributed by atoms with van der Waals surface area (Å²) in [6.45, 7) is 1.90. The first-order chi connectivity index (χ1) is 14.1. The van der Waals surface area contributed by atoms with Gasteiger partial charge in [-0.15, -0.1) is 0 Å². The zero-order valence-electron chi connectivity index (χ0n) is 15.8. The second kappa shape index (κ2) is 9.71. The van der Waals surface area contributed by atoms with Crippen LogP contribution in [-0.2, 0) is 11.2 Å². The monoisotopic (exact) mass is 410 g/mol. The van der Waals surface area contributed by atoms with E-state index in [9.17, 15) is 4.79 Å². The number of aromatic nitrogens is 2. The van der Waals surface area contributed by atoms with Crippen LogP contribution in [0.5, 0.6) is 5.75 Å². The van der Waals surface area contributed by atoms with E-state index in [0.717, 1.165) is 24.8 Å². The molecule has 0 spiro atoms. The molecular weight excluding hydrogens is 392 g/mol. The summed E-state index contributed by atoms with van der Waals surface area (Å²) < 4.78 is 10.7. The Hall–Kier alpha value is -3.37. The van der Waals surface area contributed by atoms with Crippen molar-refractivity contribution in [2.24, 2.45) is 0 Å². The molecule has 0 aliphatic carbocycles. The number of carbonyl (C=O) groups is 1. The van der Waals surface area contributed by atoms with Crippen LogP contribution in [0.4, 0.5) is 5.69 Å². The Bertz CT molecular complexity index is 1030. The first-order valence-electron chi connectivity index (χ1n) is 9.14. The van der Waals surface area contributed by atoms with E-state index in [0.29, 0.717) is 33.7 Å². The van der Waals surface area contributed by atoms with Gasteiger partial charge in [0.2, 0.25) is 11.7 Å². The summed E-state index contributed by atoms with van der Waals surface area (Å²) in [7, 11) is 0. The molecule has 0 radical (unpaired) electrons. The minimum atomic E-state index is -0.397. The predicted octanol–water partition coefficient (Wildman–Crippen LogP) is 4.62. The number of ether oxygens (including phenoxy) is 1. The van der Waals surface area contributed by atoms with Gasteiger partial charge in [0.1, 0.15) is 11.8 Å². The van der Waals surface area contributed by atoms with Crippen molar-refractivity contribution in [1.82, 2.24) is 10.1 Å². The molecule has 0 unspecified atom stereocenters. The molecule has 1 N–H and O–H groups in total. The SMILES string of the molecule is CCCCc1nc(-c2ccc(OCC(=O)Nc3cc(Cl)ccc3C#N)cc2)no1. The maximum atomic E-state index is 12.1. The summed E-state index contributed by atoms with van der Waals surface area (Å²) in [6, 6.07) is 13.7. The molecule has 0 saturated carbocycles. The Morgan fingerprint density at radius 3 is 2.79 bits per heavy atom. The van der Waals surface area contributed by atoms with Gasteiger partial charge in [0.15, 0.2) is 6.61 Å². The minimum Gasteiger partial charge on any atom is -0.484 e. The normalized spacial score (nSPS) is 10.4. The number of nitriles is 1. The highest BCUT2D eigenvalue weighted by atomic mass is 35.5. The Kier molecular flexibility index (Phi) is 6.82. The molecule has 2 aromatic carbocycles. The van der Waals surface area contributed by atoms with Crippen LogP contribution in [0, 0.1) is 11.3 Å². The Morgan fingerprint density at radius 2 is 2.07 bits per heavy atom. The third kappa shape index (κ3) is 5.56. The zero-order chi connectivity index (χ0) is 20.6. The van der Waals surface area contributed by atoms with Crippen molar-refractivity contribution in [3.63, 3.8) is 0 Å². The topological polar surface area (TPSA) is 101 Å². The molecule has 7 nitrogen and oxygen atoms in total. The number of aryl methyl sites for hydroxylation is 1. The van der Waals surface area contributed by atoms with E-state index in [-0.39, 0.29) is 6.61 Å². The average Bonchev–Trinajstić information content (AvgIpc) is 3.20. The summed E-state index contributed by atoms with van der Waals surface area (Å²) in [5.41, 5.74) is 1.47. The third-order valence-electron chi connectivity index (χ3n) is 4.07. The van der Waals surface area contributed by atoms with Crippen LogP contribution in [0.1, 0.15) is 31.2 Å². The fraction of sp³-hybridized carbons (Fsp3) is 0.238. The van der Waals surface area contributed by atoms with Crippen LogP contribution in [0.3, 0.4) is 0 Å². The van der Waals surface area contributed by atoms with Crippen LogP contribution in [0.15, 0.2) is 47.0 Å². The number of carbonyl (C=O) groups excluding carboxylic acids is 1. The maximum Gasteiger partial charge on any atom is 0.262 e. The van der Waals surface area contributed by atoms with Gasteiger partial charge in [0.05, 0.1) is 11.3 Å². The smallest absolute Gasteiger partial charge is 0.262 e. The second-order valence-electron chi connectivity index (χ2n) is 6.28. The van der Waals surface area contributed by atoms with Crippen molar-refractivity contribution < 1.29 is 14.1 Å². The van der Waals surface area contributed by atoms with E-state index < -0.39 is 5.91 Å². The zero-order valence-corrected chi connectivity index (χ0v) is 16.6. The lowest BCUT2D eigenvalue weighted by Crippen LogP contribution is -2.20. The summed E-state index contributed by atoms with van der Waals surface area (Å²) in [5.74, 6) is 1.26. The van der Waals surface area contributed by atoms with E-state index in [4.69, 9.17) is 26.1 Å². The van der Waals surface area contributed by atoms with Crippen LogP contribution in [0.2, 0.25) is 5.02 Å². The molecule has 29 heavy (non-hydrogen) atoms. The lowest BCUT2D eigenvalue weighted by Gasteiger charge is -2.09. The van der Waals surface area contributed by atoms with Gasteiger partial charge < -0.3 is 14.6 Å². The lowest BCUT2D eigenvalue weighted by atomic mass is 10.2. The number of amides is 1. The van der Waals surface area contributed by atoms with E-state index in [1.54, 1.807) is 36.4 Å². The predicted molar refractivity (Wildman–Crippen MR) is 109 cm³/mol. The van der Waals surface area contributed by atoms with E-state index in [2.05, 4.69) is 22.4 Å². The van der Waals surface area contributed by atoms with Gasteiger partial charge in [-0.25, -0.2) is 0 Å². The molecule has 0 aliphatic heterocycles. The van der Waals surface area contributed by atoms with Gasteiger partial charge in [-0.1, -0.05) is 30.1 Å². The average molecular weight is 411 g/mol. The van der Waals surface area contributed by atoms with Gasteiger partial charge >= 0.3 is 0 Å². The van der Waals surface area contributed by atoms with Crippen molar-refractivity contribution in [2.45, 2.75) is 26.2 Å². The molecule has 1 amide bonds. The third-order valence-corrected chi connectivity index (χ3v) is 4.31. The van der Waals surface area contributed by atoms with Gasteiger partial charge in [-0.3, -0.25) is 4.79 Å². The molecule has 0 fully saturated rings. The fourth-order valence-corrected chi connectivity index (χ4v) is 2.73. The second-order valence-corrected chi connectivity index (χ2v) is 6.71. The molecule has 3 aromatic rings. The largest absolute Gasteiger partial charge is 0.484 e. The molecule has 0 aliphatic rings. The first-order valence-corrected chi connectivity index (χ1v) is 9.52. The highest BCUT2D eigenvalue weighted by molar-refractivity contribution is 6.31. The van der Waals surface area contributed by atoms with Crippen molar-refractivity contribution in [3.8, 4) is 23.2 Å². The molecule has 0 saturated heterocycles. The number of benzene rings is 2. The molecule has 148 valence electrons. The number of hydrogen-bond acceptors (Lipinski definition) is 6. The van der Waals surface area contributed by atoms with Crippen LogP contribution in [-0.4, -0.2) is 22.7 Å². The van der Waals surface area contributed by atoms with Crippen molar-refractivity contribution in [2.75, 3.05) is 11.9 Å². The highest BCUT2D eigenvalue weighted by Crippen LogP contribution is 2.22. The number of rotatable bonds is 8. The minimum absolute atomic E-state index is 0.208.